The fourth-order valence-electron chi connectivity index (χ4n) is 4.98. The quantitative estimate of drug-likeness (QED) is 0.0642. The normalized spacial score (nSPS) is 14.0. The van der Waals surface area contributed by atoms with Crippen LogP contribution >= 0.6 is 7.60 Å². The number of hydroxylamine groups is 2. The third-order valence-electron chi connectivity index (χ3n) is 7.51. The molecule has 0 aliphatic rings. The van der Waals surface area contributed by atoms with Gasteiger partial charge in [-0.2, -0.15) is 0 Å². The molecule has 0 radical (unpaired) electrons. The first-order valence-electron chi connectivity index (χ1n) is 15.3. The lowest BCUT2D eigenvalue weighted by Crippen LogP contribution is -2.60. The number of hydrogen-bond acceptors (Lipinski definition) is 6. The molecule has 3 atom stereocenters. The molecular weight excluding hydrogens is 617 g/mol. The van der Waals surface area contributed by atoms with E-state index in [4.69, 9.17) is 19.0 Å². The van der Waals surface area contributed by atoms with Gasteiger partial charge in [-0.05, 0) is 42.2 Å². The van der Waals surface area contributed by atoms with Crippen molar-refractivity contribution in [1.29, 1.82) is 0 Å². The molecule has 0 saturated carbocycles. The van der Waals surface area contributed by atoms with E-state index >= 15 is 0 Å². The summed E-state index contributed by atoms with van der Waals surface area (Å²) >= 11 is 0. The van der Waals surface area contributed by atoms with Gasteiger partial charge in [0, 0.05) is 5.82 Å². The predicted octanol–water partition coefficient (Wildman–Crippen LogP) is 6.80. The van der Waals surface area contributed by atoms with Crippen LogP contribution < -0.4 is 0 Å². The highest BCUT2D eigenvalue weighted by atomic mass is 31.2. The molecule has 2 N–H and O–H groups in total. The SMILES string of the molecule is CC(C)([C@@H](OCc1ccccc1)[C@H](OCc1ccccc1)[C@@H](C=CP(=O)(O)O)OCc1ccccc1)N(C=O)OCc1ccccc1. The van der Waals surface area contributed by atoms with Gasteiger partial charge in [0.1, 0.15) is 24.9 Å². The van der Waals surface area contributed by atoms with Gasteiger partial charge in [-0.15, -0.1) is 0 Å². The highest BCUT2D eigenvalue weighted by Crippen LogP contribution is 2.37. The van der Waals surface area contributed by atoms with Crippen molar-refractivity contribution in [2.45, 2.75) is 64.1 Å². The number of amides is 1. The summed E-state index contributed by atoms with van der Waals surface area (Å²) in [5.41, 5.74) is 2.28. The molecule has 0 aromatic heterocycles. The number of rotatable bonds is 19. The molecule has 0 spiro atoms. The molecule has 0 bridgehead atoms. The molecule has 0 aliphatic carbocycles. The van der Waals surface area contributed by atoms with Gasteiger partial charge < -0.3 is 24.0 Å². The Morgan fingerprint density at radius 1 is 0.660 bits per heavy atom. The van der Waals surface area contributed by atoms with E-state index in [0.29, 0.717) is 6.41 Å². The van der Waals surface area contributed by atoms with Crippen LogP contribution in [0.1, 0.15) is 36.1 Å². The van der Waals surface area contributed by atoms with Gasteiger partial charge >= 0.3 is 7.60 Å². The van der Waals surface area contributed by atoms with E-state index in [2.05, 4.69) is 0 Å². The van der Waals surface area contributed by atoms with Crippen molar-refractivity contribution in [3.8, 4) is 0 Å². The highest BCUT2D eigenvalue weighted by molar-refractivity contribution is 7.55. The number of carbonyl (C=O) groups is 1. The molecular formula is C37H42NO8P. The molecule has 4 aromatic rings. The molecule has 10 heteroatoms. The molecule has 4 rings (SSSR count). The maximum Gasteiger partial charge on any atom is 0.348 e. The molecule has 0 fully saturated rings. The summed E-state index contributed by atoms with van der Waals surface area (Å²) in [6.45, 7) is 4.11. The maximum absolute atomic E-state index is 12.6. The largest absolute Gasteiger partial charge is 0.368 e. The lowest BCUT2D eigenvalue weighted by Gasteiger charge is -2.45. The van der Waals surface area contributed by atoms with Crippen molar-refractivity contribution in [1.82, 2.24) is 5.06 Å². The van der Waals surface area contributed by atoms with E-state index in [1.165, 1.54) is 11.1 Å². The molecule has 0 saturated heterocycles. The van der Waals surface area contributed by atoms with Crippen LogP contribution in [0.4, 0.5) is 0 Å². The average Bonchev–Trinajstić information content (AvgIpc) is 3.08. The Kier molecular flexibility index (Phi) is 13.6. The first-order valence-corrected chi connectivity index (χ1v) is 17.0. The van der Waals surface area contributed by atoms with Gasteiger partial charge in [-0.25, -0.2) is 5.06 Å². The third kappa shape index (κ3) is 11.7. The van der Waals surface area contributed by atoms with Crippen LogP contribution in [-0.2, 0) is 54.8 Å². The first-order chi connectivity index (χ1) is 22.7. The number of benzene rings is 4. The first kappa shape index (κ1) is 35.9. The molecule has 4 aromatic carbocycles. The summed E-state index contributed by atoms with van der Waals surface area (Å²) in [5, 5.41) is 1.20. The number of nitrogens with zero attached hydrogens (tertiary/aromatic N) is 1. The van der Waals surface area contributed by atoms with E-state index in [-0.39, 0.29) is 26.4 Å². The monoisotopic (exact) mass is 659 g/mol. The molecule has 0 aliphatic heterocycles. The number of carbonyl (C=O) groups excluding carboxylic acids is 1. The summed E-state index contributed by atoms with van der Waals surface area (Å²) in [4.78, 5) is 38.3. The van der Waals surface area contributed by atoms with E-state index in [9.17, 15) is 19.1 Å². The van der Waals surface area contributed by atoms with Gasteiger partial charge in [0.2, 0.25) is 6.41 Å². The number of ether oxygens (including phenoxy) is 3. The third-order valence-corrected chi connectivity index (χ3v) is 8.07. The van der Waals surface area contributed by atoms with Gasteiger partial charge in [0.05, 0.1) is 25.4 Å². The van der Waals surface area contributed by atoms with Crippen molar-refractivity contribution in [2.75, 3.05) is 0 Å². The zero-order chi connectivity index (χ0) is 33.5. The highest BCUT2D eigenvalue weighted by Gasteiger charge is 2.46. The van der Waals surface area contributed by atoms with Crippen molar-refractivity contribution in [3.63, 3.8) is 0 Å². The second kappa shape index (κ2) is 17.8. The Bertz CT molecular complexity index is 1550. The fraction of sp³-hybridized carbons (Fsp3) is 0.270. The van der Waals surface area contributed by atoms with Gasteiger partial charge in [0.25, 0.3) is 0 Å². The van der Waals surface area contributed by atoms with Crippen molar-refractivity contribution in [2.24, 2.45) is 0 Å². The molecule has 248 valence electrons. The van der Waals surface area contributed by atoms with Crippen LogP contribution in [0.3, 0.4) is 0 Å². The van der Waals surface area contributed by atoms with Crippen LogP contribution in [0.15, 0.2) is 133 Å². The zero-order valence-corrected chi connectivity index (χ0v) is 27.5. The van der Waals surface area contributed by atoms with Gasteiger partial charge in [-0.1, -0.05) is 121 Å². The maximum atomic E-state index is 12.6. The Balaban J connectivity index is 1.75. The van der Waals surface area contributed by atoms with Crippen LogP contribution in [-0.4, -0.2) is 45.1 Å². The Labute approximate surface area is 276 Å². The summed E-state index contributed by atoms with van der Waals surface area (Å²) in [5.74, 6) is 0.812. The van der Waals surface area contributed by atoms with Crippen molar-refractivity contribution in [3.05, 3.63) is 155 Å². The zero-order valence-electron chi connectivity index (χ0n) is 26.6. The van der Waals surface area contributed by atoms with Gasteiger partial charge in [-0.3, -0.25) is 14.2 Å². The molecule has 9 nitrogen and oxygen atoms in total. The smallest absolute Gasteiger partial charge is 0.348 e. The van der Waals surface area contributed by atoms with Crippen molar-refractivity contribution >= 4 is 14.0 Å². The lowest BCUT2D eigenvalue weighted by molar-refractivity contribution is -0.255. The standard InChI is InChI=1S/C37H42NO8P/c1-37(2,38(29-39)46-28-33-21-13-6-14-22-33)36(45-27-32-19-11-5-12-20-32)35(44-26-31-17-9-4-10-18-31)34(23-24-47(40,41)42)43-25-30-15-7-3-8-16-30/h3-24,29,34-36H,25-28H2,1-2H3,(H2,40,41,42)/t34-,35-,36+/m1/s1. The molecule has 0 heterocycles. The Morgan fingerprint density at radius 3 is 1.49 bits per heavy atom. The molecule has 47 heavy (non-hydrogen) atoms. The molecule has 0 unspecified atom stereocenters. The number of hydrogen-bond donors (Lipinski definition) is 2. The second-order valence-corrected chi connectivity index (χ2v) is 13.0. The van der Waals surface area contributed by atoms with Crippen LogP contribution in [0.5, 0.6) is 0 Å². The summed E-state index contributed by atoms with van der Waals surface area (Å²) < 4.78 is 31.6. The van der Waals surface area contributed by atoms with E-state index in [0.717, 1.165) is 28.1 Å². The predicted molar refractivity (Wildman–Crippen MR) is 179 cm³/mol. The average molecular weight is 660 g/mol. The minimum atomic E-state index is -4.58. The lowest BCUT2D eigenvalue weighted by atomic mass is 9.89. The van der Waals surface area contributed by atoms with E-state index in [1.54, 1.807) is 13.8 Å². The second-order valence-electron chi connectivity index (χ2n) is 11.5. The summed E-state index contributed by atoms with van der Waals surface area (Å²) in [6.07, 6.45) is -1.03. The van der Waals surface area contributed by atoms with E-state index < -0.39 is 31.4 Å². The molecule has 1 amide bonds. The Hall–Kier alpha value is -3.92. The van der Waals surface area contributed by atoms with Crippen LogP contribution in [0, 0.1) is 0 Å². The van der Waals surface area contributed by atoms with Gasteiger partial charge in [0.15, 0.2) is 0 Å². The topological polar surface area (TPSA) is 115 Å². The Morgan fingerprint density at radius 2 is 1.06 bits per heavy atom. The minimum Gasteiger partial charge on any atom is -0.368 e. The van der Waals surface area contributed by atoms with Crippen molar-refractivity contribution < 1.29 is 38.2 Å². The minimum absolute atomic E-state index is 0.121. The summed E-state index contributed by atoms with van der Waals surface area (Å²) in [6, 6.07) is 37.9. The van der Waals surface area contributed by atoms with Crippen LogP contribution in [0.2, 0.25) is 0 Å². The fourth-order valence-corrected chi connectivity index (χ4v) is 5.38. The summed E-state index contributed by atoms with van der Waals surface area (Å²) in [7, 11) is -4.58. The van der Waals surface area contributed by atoms with E-state index in [1.807, 2.05) is 121 Å². The van der Waals surface area contributed by atoms with Crippen LogP contribution in [0.25, 0.3) is 0 Å².